The van der Waals surface area contributed by atoms with Crippen molar-refractivity contribution in [3.05, 3.63) is 51.5 Å². The molecule has 4 heterocycles. The van der Waals surface area contributed by atoms with E-state index in [2.05, 4.69) is 31.9 Å². The van der Waals surface area contributed by atoms with Crippen molar-refractivity contribution < 1.29 is 0 Å². The first kappa shape index (κ1) is 15.8. The number of rotatable bonds is 2. The van der Waals surface area contributed by atoms with Gasteiger partial charge in [-0.2, -0.15) is 9.61 Å². The van der Waals surface area contributed by atoms with Crippen LogP contribution in [0.25, 0.3) is 5.65 Å². The third kappa shape index (κ3) is 2.79. The molecule has 0 amide bonds. The Balaban J connectivity index is 1.61. The molecule has 0 spiro atoms. The Labute approximate surface area is 145 Å². The summed E-state index contributed by atoms with van der Waals surface area (Å²) < 4.78 is 1.93. The average molecular weight is 338 g/mol. The fraction of sp³-hybridized carbons (Fsp3) is 0.444. The van der Waals surface area contributed by atoms with Crippen LogP contribution in [0.3, 0.4) is 0 Å². The van der Waals surface area contributed by atoms with Gasteiger partial charge in [0, 0.05) is 42.4 Å². The quantitative estimate of drug-likeness (QED) is 0.774. The lowest BCUT2D eigenvalue weighted by molar-refractivity contribution is 0.488. The molecule has 1 N–H and O–H groups in total. The smallest absolute Gasteiger partial charge is 0.251 e. The van der Waals surface area contributed by atoms with Crippen molar-refractivity contribution in [2.24, 2.45) is 0 Å². The summed E-state index contributed by atoms with van der Waals surface area (Å²) >= 11 is 0. The molecular weight excluding hydrogens is 316 g/mol. The number of anilines is 1. The molecule has 1 saturated heterocycles. The number of aromatic amines is 1. The number of aryl methyl sites for hydroxylation is 2. The van der Waals surface area contributed by atoms with Gasteiger partial charge in [-0.1, -0.05) is 0 Å². The van der Waals surface area contributed by atoms with Gasteiger partial charge in [-0.15, -0.1) is 0 Å². The summed E-state index contributed by atoms with van der Waals surface area (Å²) in [6.07, 6.45) is 3.74. The molecule has 0 radical (unpaired) electrons. The van der Waals surface area contributed by atoms with Crippen LogP contribution in [0, 0.1) is 20.8 Å². The Bertz CT molecular complexity index is 981. The number of hydrogen-bond donors (Lipinski definition) is 1. The first-order valence-corrected chi connectivity index (χ1v) is 8.66. The normalized spacial score (nSPS) is 15.9. The molecule has 0 unspecified atom stereocenters. The van der Waals surface area contributed by atoms with Crippen molar-refractivity contribution >= 4 is 11.5 Å². The van der Waals surface area contributed by atoms with E-state index in [0.29, 0.717) is 11.7 Å². The van der Waals surface area contributed by atoms with Crippen LogP contribution < -0.4 is 10.5 Å². The van der Waals surface area contributed by atoms with Crippen LogP contribution in [0.2, 0.25) is 0 Å². The van der Waals surface area contributed by atoms with Gasteiger partial charge in [0.1, 0.15) is 11.6 Å². The predicted octanol–water partition coefficient (Wildman–Crippen LogP) is 2.12. The van der Waals surface area contributed by atoms with E-state index in [-0.39, 0.29) is 5.56 Å². The lowest BCUT2D eigenvalue weighted by Crippen LogP contribution is -2.35. The largest absolute Gasteiger partial charge is 0.356 e. The van der Waals surface area contributed by atoms with Gasteiger partial charge < -0.3 is 9.88 Å². The number of fused-ring (bicyclic) bond motifs is 1. The molecule has 1 aliphatic heterocycles. The second kappa shape index (κ2) is 5.98. The zero-order valence-electron chi connectivity index (χ0n) is 14.8. The standard InChI is InChI=1S/C18H22N6O/c1-11-12(2)20-16-4-7-19-24(16)18(11)23-8-5-14(6-9-23)15-10-17(25)22-13(3)21-15/h4,7,10,14H,5-6,8-9H2,1-3H3,(H,21,22,25). The van der Waals surface area contributed by atoms with Gasteiger partial charge in [0.2, 0.25) is 0 Å². The highest BCUT2D eigenvalue weighted by Gasteiger charge is 2.25. The monoisotopic (exact) mass is 338 g/mol. The van der Waals surface area contributed by atoms with Gasteiger partial charge in [-0.3, -0.25) is 4.79 Å². The molecule has 3 aromatic rings. The molecule has 1 fully saturated rings. The Hall–Kier alpha value is -2.70. The maximum atomic E-state index is 11.7. The van der Waals surface area contributed by atoms with Crippen LogP contribution in [0.5, 0.6) is 0 Å². The maximum absolute atomic E-state index is 11.7. The highest BCUT2D eigenvalue weighted by molar-refractivity contribution is 5.56. The first-order chi connectivity index (χ1) is 12.0. The Kier molecular flexibility index (Phi) is 3.78. The molecule has 25 heavy (non-hydrogen) atoms. The third-order valence-corrected chi connectivity index (χ3v) is 5.08. The van der Waals surface area contributed by atoms with E-state index >= 15 is 0 Å². The van der Waals surface area contributed by atoms with Crippen LogP contribution in [0.15, 0.2) is 23.1 Å². The van der Waals surface area contributed by atoms with Gasteiger partial charge in [-0.25, -0.2) is 9.97 Å². The molecule has 3 aromatic heterocycles. The second-order valence-corrected chi connectivity index (χ2v) is 6.76. The molecule has 0 saturated carbocycles. The van der Waals surface area contributed by atoms with E-state index in [4.69, 9.17) is 0 Å². The number of hydrogen-bond acceptors (Lipinski definition) is 5. The highest BCUT2D eigenvalue weighted by Crippen LogP contribution is 2.31. The fourth-order valence-electron chi connectivity index (χ4n) is 3.69. The van der Waals surface area contributed by atoms with Gasteiger partial charge in [-0.05, 0) is 33.6 Å². The van der Waals surface area contributed by atoms with E-state index in [1.807, 2.05) is 24.4 Å². The Morgan fingerprint density at radius 3 is 2.64 bits per heavy atom. The van der Waals surface area contributed by atoms with Crippen LogP contribution >= 0.6 is 0 Å². The molecule has 0 bridgehead atoms. The maximum Gasteiger partial charge on any atom is 0.251 e. The van der Waals surface area contributed by atoms with Crippen LogP contribution in [-0.2, 0) is 0 Å². The van der Waals surface area contributed by atoms with Crippen LogP contribution in [-0.4, -0.2) is 37.7 Å². The van der Waals surface area contributed by atoms with Crippen molar-refractivity contribution in [1.29, 1.82) is 0 Å². The van der Waals surface area contributed by atoms with Gasteiger partial charge in [0.25, 0.3) is 5.56 Å². The molecule has 130 valence electrons. The molecular formula is C18H22N6O. The molecule has 4 rings (SSSR count). The fourth-order valence-corrected chi connectivity index (χ4v) is 3.69. The summed E-state index contributed by atoms with van der Waals surface area (Å²) in [5.74, 6) is 2.14. The number of nitrogens with one attached hydrogen (secondary N) is 1. The lowest BCUT2D eigenvalue weighted by atomic mass is 9.93. The van der Waals surface area contributed by atoms with E-state index in [0.717, 1.165) is 48.8 Å². The van der Waals surface area contributed by atoms with Crippen molar-refractivity contribution in [2.75, 3.05) is 18.0 Å². The number of H-pyrrole nitrogens is 1. The topological polar surface area (TPSA) is 79.2 Å². The molecule has 7 nitrogen and oxygen atoms in total. The summed E-state index contributed by atoms with van der Waals surface area (Å²) in [4.78, 5) is 25.9. The van der Waals surface area contributed by atoms with Gasteiger partial charge >= 0.3 is 0 Å². The summed E-state index contributed by atoms with van der Waals surface area (Å²) in [6.45, 7) is 7.81. The number of aromatic nitrogens is 5. The highest BCUT2D eigenvalue weighted by atomic mass is 16.1. The van der Waals surface area contributed by atoms with Gasteiger partial charge in [0.05, 0.1) is 11.9 Å². The van der Waals surface area contributed by atoms with E-state index < -0.39 is 0 Å². The van der Waals surface area contributed by atoms with Crippen LogP contribution in [0.4, 0.5) is 5.82 Å². The summed E-state index contributed by atoms with van der Waals surface area (Å²) in [6, 6.07) is 3.58. The zero-order valence-corrected chi connectivity index (χ0v) is 14.8. The SMILES string of the molecule is Cc1nc(C2CCN(c3c(C)c(C)nc4ccnn34)CC2)cc(=O)[nH]1. The first-order valence-electron chi connectivity index (χ1n) is 8.66. The van der Waals surface area contributed by atoms with E-state index in [9.17, 15) is 4.79 Å². The minimum absolute atomic E-state index is 0.0659. The Morgan fingerprint density at radius 1 is 1.16 bits per heavy atom. The van der Waals surface area contributed by atoms with Crippen molar-refractivity contribution in [3.8, 4) is 0 Å². The van der Waals surface area contributed by atoms with Crippen molar-refractivity contribution in [2.45, 2.75) is 39.5 Å². The number of nitrogens with zero attached hydrogens (tertiary/aromatic N) is 5. The average Bonchev–Trinajstić information content (AvgIpc) is 3.03. The predicted molar refractivity (Wildman–Crippen MR) is 96.2 cm³/mol. The van der Waals surface area contributed by atoms with Crippen molar-refractivity contribution in [1.82, 2.24) is 24.6 Å². The second-order valence-electron chi connectivity index (χ2n) is 6.76. The summed E-state index contributed by atoms with van der Waals surface area (Å²) in [7, 11) is 0. The molecule has 0 atom stereocenters. The minimum Gasteiger partial charge on any atom is -0.356 e. The summed E-state index contributed by atoms with van der Waals surface area (Å²) in [5.41, 5.74) is 3.93. The van der Waals surface area contributed by atoms with E-state index in [1.54, 1.807) is 12.3 Å². The van der Waals surface area contributed by atoms with Crippen LogP contribution in [0.1, 0.15) is 41.5 Å². The molecule has 1 aliphatic rings. The zero-order chi connectivity index (χ0) is 17.6. The molecule has 0 aliphatic carbocycles. The Morgan fingerprint density at radius 2 is 1.92 bits per heavy atom. The lowest BCUT2D eigenvalue weighted by Gasteiger charge is -2.34. The van der Waals surface area contributed by atoms with Gasteiger partial charge in [0.15, 0.2) is 5.65 Å². The summed E-state index contributed by atoms with van der Waals surface area (Å²) in [5, 5.41) is 4.45. The number of piperidine rings is 1. The molecule has 7 heteroatoms. The minimum atomic E-state index is -0.0659. The van der Waals surface area contributed by atoms with Crippen molar-refractivity contribution in [3.63, 3.8) is 0 Å². The van der Waals surface area contributed by atoms with E-state index in [1.165, 1.54) is 5.56 Å². The third-order valence-electron chi connectivity index (χ3n) is 5.08. The molecule has 0 aromatic carbocycles.